The Hall–Kier alpha value is -4.66. The van der Waals surface area contributed by atoms with Crippen molar-refractivity contribution >= 4 is 29.0 Å². The van der Waals surface area contributed by atoms with Gasteiger partial charge in [-0.1, -0.05) is 0 Å². The maximum Gasteiger partial charge on any atom is 0.327 e. The van der Waals surface area contributed by atoms with Crippen LogP contribution in [0.3, 0.4) is 0 Å². The van der Waals surface area contributed by atoms with E-state index in [0.29, 0.717) is 0 Å². The quantitative estimate of drug-likeness (QED) is 0.213. The van der Waals surface area contributed by atoms with E-state index >= 15 is 0 Å². The smallest absolute Gasteiger partial charge is 0.327 e. The molecule has 0 atom stereocenters. The van der Waals surface area contributed by atoms with E-state index < -0.39 is 16.9 Å². The molecule has 0 aliphatic rings. The highest BCUT2D eigenvalue weighted by molar-refractivity contribution is 5.67. The molecule has 3 rings (SSSR count). The van der Waals surface area contributed by atoms with Gasteiger partial charge < -0.3 is 17.2 Å². The summed E-state index contributed by atoms with van der Waals surface area (Å²) in [6.45, 7) is 0. The van der Waals surface area contributed by atoms with Gasteiger partial charge in [0.05, 0.1) is 0 Å². The second-order valence-corrected chi connectivity index (χ2v) is 3.87. The van der Waals surface area contributed by atoms with Crippen molar-refractivity contribution in [3.63, 3.8) is 0 Å². The third-order valence-corrected chi connectivity index (χ3v) is 2.16. The van der Waals surface area contributed by atoms with E-state index in [1.54, 1.807) is 0 Å². The number of hydrogen-bond donors (Lipinski definition) is 7. The number of nitrogens with one attached hydrogen (secondary N) is 4. The Morgan fingerprint density at radius 3 is 1.52 bits per heavy atom. The Bertz CT molecular complexity index is 1060. The summed E-state index contributed by atoms with van der Waals surface area (Å²) >= 11 is 0. The molecule has 0 saturated carbocycles. The first kappa shape index (κ1) is 18.4. The van der Waals surface area contributed by atoms with Crippen LogP contribution in [0.15, 0.2) is 14.4 Å². The number of hydrogen-bond acceptors (Lipinski definition) is 11. The van der Waals surface area contributed by atoms with Crippen LogP contribution in [-0.4, -0.2) is 34.9 Å². The van der Waals surface area contributed by atoms with Crippen molar-refractivity contribution in [2.24, 2.45) is 0 Å². The number of rotatable bonds is 0. The standard InChI is InChI=1S/C5H4N4O3.C3H6N6.C2N2/c10-3-1-2(7-4(11)6-1)8-5(12)9-3;4-1-7-2(5)9-3(6)8-1;3-1-2-4/h(H4,6,7,8,9,10,11,12);(H6,4,5,6,7,8,9);. The molecule has 3 heterocycles. The van der Waals surface area contributed by atoms with Gasteiger partial charge >= 0.3 is 11.4 Å². The molecule has 10 N–H and O–H groups in total. The van der Waals surface area contributed by atoms with Crippen LogP contribution in [0.1, 0.15) is 0 Å². The van der Waals surface area contributed by atoms with Gasteiger partial charge in [-0.25, -0.2) is 9.59 Å². The number of imidazole rings is 1. The van der Waals surface area contributed by atoms with Crippen LogP contribution in [0.5, 0.6) is 0 Å². The normalized spacial score (nSPS) is 8.88. The van der Waals surface area contributed by atoms with Gasteiger partial charge in [0.25, 0.3) is 5.56 Å². The first-order valence-corrected chi connectivity index (χ1v) is 6.02. The number of aromatic nitrogens is 7. The summed E-state index contributed by atoms with van der Waals surface area (Å²) < 4.78 is 0. The van der Waals surface area contributed by atoms with Crippen molar-refractivity contribution in [2.75, 3.05) is 17.2 Å². The molecule has 128 valence electrons. The molecule has 0 bridgehead atoms. The Morgan fingerprint density at radius 1 is 0.720 bits per heavy atom. The lowest BCUT2D eigenvalue weighted by Crippen LogP contribution is -2.21. The SMILES string of the molecule is N#CC#N.Nc1nc(N)nc(N)n1.O=c1[nH]c(=O)c2[nH]c(=O)[nH]c2[nH]1. The maximum atomic E-state index is 10.9. The summed E-state index contributed by atoms with van der Waals surface area (Å²) in [4.78, 5) is 51.4. The molecule has 0 unspecified atom stereocenters. The lowest BCUT2D eigenvalue weighted by atomic mass is 10.5. The summed E-state index contributed by atoms with van der Waals surface area (Å²) in [5.74, 6) is 0.125. The van der Waals surface area contributed by atoms with E-state index in [1.165, 1.54) is 12.1 Å². The average Bonchev–Trinajstić information content (AvgIpc) is 2.87. The highest BCUT2D eigenvalue weighted by Crippen LogP contribution is 1.97. The fourth-order valence-electron chi connectivity index (χ4n) is 1.38. The van der Waals surface area contributed by atoms with Crippen LogP contribution >= 0.6 is 0 Å². The zero-order chi connectivity index (χ0) is 19.0. The highest BCUT2D eigenvalue weighted by Gasteiger charge is 2.02. The Labute approximate surface area is 136 Å². The lowest BCUT2D eigenvalue weighted by Gasteiger charge is -1.93. The maximum absolute atomic E-state index is 10.9. The summed E-state index contributed by atoms with van der Waals surface area (Å²) in [7, 11) is 0. The number of anilines is 3. The molecule has 3 aromatic heterocycles. The second-order valence-electron chi connectivity index (χ2n) is 3.87. The summed E-state index contributed by atoms with van der Waals surface area (Å²) in [6.07, 6.45) is 0. The number of nitrogens with two attached hydrogens (primary N) is 3. The number of nitriles is 2. The van der Waals surface area contributed by atoms with Crippen molar-refractivity contribution in [1.82, 2.24) is 34.9 Å². The van der Waals surface area contributed by atoms with Crippen LogP contribution in [0.2, 0.25) is 0 Å². The van der Waals surface area contributed by atoms with Crippen molar-refractivity contribution in [3.05, 3.63) is 31.3 Å². The van der Waals surface area contributed by atoms with E-state index in [2.05, 4.69) is 29.9 Å². The number of fused-ring (bicyclic) bond motifs is 1. The van der Waals surface area contributed by atoms with Crippen LogP contribution in [0.25, 0.3) is 11.2 Å². The molecule has 0 amide bonds. The van der Waals surface area contributed by atoms with Gasteiger partial charge in [0.1, 0.15) is 11.2 Å². The van der Waals surface area contributed by atoms with E-state index in [0.717, 1.165) is 0 Å². The zero-order valence-electron chi connectivity index (χ0n) is 12.2. The molecule has 0 fully saturated rings. The van der Waals surface area contributed by atoms with Crippen LogP contribution in [0.4, 0.5) is 17.8 Å². The van der Waals surface area contributed by atoms with Gasteiger partial charge in [0.2, 0.25) is 17.8 Å². The first-order valence-electron chi connectivity index (χ1n) is 6.02. The fourth-order valence-corrected chi connectivity index (χ4v) is 1.38. The molecule has 0 aliphatic heterocycles. The Balaban J connectivity index is 0.000000213. The van der Waals surface area contributed by atoms with Gasteiger partial charge in [-0.05, 0) is 0 Å². The van der Waals surface area contributed by atoms with Crippen molar-refractivity contribution in [2.45, 2.75) is 0 Å². The predicted octanol–water partition coefficient (Wildman–Crippen LogP) is -3.12. The number of nitrogens with zero attached hydrogens (tertiary/aromatic N) is 5. The topological polar surface area (TPSA) is 279 Å². The predicted molar refractivity (Wildman–Crippen MR) is 84.5 cm³/mol. The summed E-state index contributed by atoms with van der Waals surface area (Å²) in [6, 6.07) is 2.47. The van der Waals surface area contributed by atoms with Crippen LogP contribution in [0, 0.1) is 22.7 Å². The molecule has 0 aliphatic carbocycles. The number of H-pyrrole nitrogens is 4. The molecule has 0 saturated heterocycles. The minimum absolute atomic E-state index is 0.0413. The largest absolute Gasteiger partial charge is 0.368 e. The molecule has 15 heteroatoms. The van der Waals surface area contributed by atoms with Crippen molar-refractivity contribution < 1.29 is 0 Å². The summed E-state index contributed by atoms with van der Waals surface area (Å²) in [5.41, 5.74) is 13.8. The fraction of sp³-hybridized carbons (Fsp3) is 0. The van der Waals surface area contributed by atoms with E-state index in [4.69, 9.17) is 27.7 Å². The van der Waals surface area contributed by atoms with E-state index in [1.807, 2.05) is 4.98 Å². The minimum Gasteiger partial charge on any atom is -0.368 e. The number of aromatic amines is 4. The Kier molecular flexibility index (Phi) is 5.96. The third-order valence-electron chi connectivity index (χ3n) is 2.16. The second kappa shape index (κ2) is 8.10. The van der Waals surface area contributed by atoms with Gasteiger partial charge in [-0.3, -0.25) is 24.7 Å². The zero-order valence-corrected chi connectivity index (χ0v) is 12.2. The van der Waals surface area contributed by atoms with Crippen molar-refractivity contribution in [3.8, 4) is 12.1 Å². The third kappa shape index (κ3) is 5.56. The van der Waals surface area contributed by atoms with Gasteiger partial charge in [-0.15, -0.1) is 0 Å². The highest BCUT2D eigenvalue weighted by atomic mass is 16.2. The monoisotopic (exact) mass is 346 g/mol. The van der Waals surface area contributed by atoms with E-state index in [-0.39, 0.29) is 29.0 Å². The first-order chi connectivity index (χ1) is 11.8. The molecular formula is C10H10N12O3. The van der Waals surface area contributed by atoms with Gasteiger partial charge in [0.15, 0.2) is 12.1 Å². The van der Waals surface area contributed by atoms with E-state index in [9.17, 15) is 14.4 Å². The van der Waals surface area contributed by atoms with Gasteiger partial charge in [0, 0.05) is 0 Å². The molecule has 25 heavy (non-hydrogen) atoms. The average molecular weight is 346 g/mol. The van der Waals surface area contributed by atoms with Crippen LogP contribution in [-0.2, 0) is 0 Å². The molecular weight excluding hydrogens is 336 g/mol. The summed E-state index contributed by atoms with van der Waals surface area (Å²) in [5, 5.41) is 14.5. The van der Waals surface area contributed by atoms with Crippen LogP contribution < -0.4 is 34.1 Å². The molecule has 15 nitrogen and oxygen atoms in total. The van der Waals surface area contributed by atoms with Crippen molar-refractivity contribution in [1.29, 1.82) is 10.5 Å². The minimum atomic E-state index is -0.650. The molecule has 3 aromatic rings. The Morgan fingerprint density at radius 2 is 1.12 bits per heavy atom. The van der Waals surface area contributed by atoms with Gasteiger partial charge in [-0.2, -0.15) is 25.5 Å². The molecule has 0 spiro atoms. The molecule has 0 radical (unpaired) electrons. The lowest BCUT2D eigenvalue weighted by molar-refractivity contribution is 1.07. The number of nitrogen functional groups attached to an aromatic ring is 3. The molecule has 0 aromatic carbocycles.